The number of rotatable bonds is 2. The summed E-state index contributed by atoms with van der Waals surface area (Å²) < 4.78 is 24.5. The molecule has 112 valence electrons. The van der Waals surface area contributed by atoms with Crippen LogP contribution in [-0.2, 0) is 16.4 Å². The summed E-state index contributed by atoms with van der Waals surface area (Å²) in [7, 11) is -3.09. The molecule has 1 atom stereocenters. The van der Waals surface area contributed by atoms with Gasteiger partial charge in [0, 0.05) is 31.1 Å². The topological polar surface area (TPSA) is 73.7 Å². The number of aryl methyl sites for hydroxylation is 1. The van der Waals surface area contributed by atoms with Gasteiger partial charge in [-0.1, -0.05) is 0 Å². The average Bonchev–Trinajstić information content (AvgIpc) is 2.83. The van der Waals surface area contributed by atoms with Gasteiger partial charge >= 0.3 is 0 Å². The number of fused-ring (bicyclic) bond motifs is 1. The van der Waals surface area contributed by atoms with E-state index in [1.807, 2.05) is 0 Å². The zero-order valence-electron chi connectivity index (χ0n) is 11.4. The lowest BCUT2D eigenvalue weighted by Crippen LogP contribution is -2.48. The van der Waals surface area contributed by atoms with Crippen molar-refractivity contribution in [2.24, 2.45) is 0 Å². The van der Waals surface area contributed by atoms with Crippen LogP contribution in [0.15, 0.2) is 0 Å². The first-order chi connectivity index (χ1) is 9.45. The van der Waals surface area contributed by atoms with Crippen molar-refractivity contribution in [3.63, 3.8) is 0 Å². The Morgan fingerprint density at radius 3 is 2.60 bits per heavy atom. The van der Waals surface area contributed by atoms with Crippen LogP contribution in [-0.4, -0.2) is 55.2 Å². The Kier molecular flexibility index (Phi) is 3.74. The molecule has 1 fully saturated rings. The van der Waals surface area contributed by atoms with Crippen LogP contribution in [0.25, 0.3) is 0 Å². The van der Waals surface area contributed by atoms with Crippen LogP contribution in [0, 0.1) is 0 Å². The second-order valence-corrected chi connectivity index (χ2v) is 8.41. The predicted octanol–water partition coefficient (Wildman–Crippen LogP) is 0.594. The molecule has 1 unspecified atom stereocenters. The molecule has 1 aromatic heterocycles. The third kappa shape index (κ3) is 2.69. The summed E-state index contributed by atoms with van der Waals surface area (Å²) in [6.45, 7) is 2.34. The second kappa shape index (κ2) is 5.25. The lowest BCUT2D eigenvalue weighted by atomic mass is 10.0. The van der Waals surface area contributed by atoms with E-state index in [0.717, 1.165) is 30.1 Å². The highest BCUT2D eigenvalue weighted by molar-refractivity contribution is 7.88. The molecule has 8 heteroatoms. The molecule has 0 spiro atoms. The molecule has 3 rings (SSSR count). The molecule has 1 aliphatic heterocycles. The first kappa shape index (κ1) is 14.2. The number of nitrogens with zero attached hydrogens (tertiary/aromatic N) is 3. The van der Waals surface area contributed by atoms with Crippen molar-refractivity contribution in [1.29, 1.82) is 0 Å². The van der Waals surface area contributed by atoms with Gasteiger partial charge in [0.05, 0.1) is 18.1 Å². The molecule has 0 bridgehead atoms. The smallest absolute Gasteiger partial charge is 0.211 e. The Morgan fingerprint density at radius 2 is 2.00 bits per heavy atom. The van der Waals surface area contributed by atoms with Crippen LogP contribution >= 0.6 is 11.3 Å². The molecule has 0 saturated carbocycles. The zero-order valence-corrected chi connectivity index (χ0v) is 13.1. The Labute approximate surface area is 123 Å². The number of anilines is 1. The Balaban J connectivity index is 1.73. The van der Waals surface area contributed by atoms with E-state index in [2.05, 4.69) is 9.88 Å². The predicted molar refractivity (Wildman–Crippen MR) is 78.6 cm³/mol. The summed E-state index contributed by atoms with van der Waals surface area (Å²) in [5.41, 5.74) is 0.835. The molecule has 1 saturated heterocycles. The van der Waals surface area contributed by atoms with E-state index in [4.69, 9.17) is 0 Å². The van der Waals surface area contributed by atoms with E-state index in [0.29, 0.717) is 26.2 Å². The summed E-state index contributed by atoms with van der Waals surface area (Å²) in [5.74, 6) is 0. The minimum absolute atomic E-state index is 0.430. The largest absolute Gasteiger partial charge is 0.387 e. The van der Waals surface area contributed by atoms with Crippen LogP contribution in [0.2, 0.25) is 0 Å². The number of hydrogen-bond donors (Lipinski definition) is 1. The molecule has 2 aliphatic rings. The third-order valence-electron chi connectivity index (χ3n) is 3.89. The van der Waals surface area contributed by atoms with Crippen molar-refractivity contribution in [3.8, 4) is 0 Å². The maximum Gasteiger partial charge on any atom is 0.211 e. The minimum Gasteiger partial charge on any atom is -0.387 e. The Morgan fingerprint density at radius 1 is 1.30 bits per heavy atom. The van der Waals surface area contributed by atoms with Crippen LogP contribution < -0.4 is 4.90 Å². The van der Waals surface area contributed by atoms with E-state index in [-0.39, 0.29) is 0 Å². The van der Waals surface area contributed by atoms with Crippen molar-refractivity contribution in [1.82, 2.24) is 9.29 Å². The maximum absolute atomic E-state index is 11.5. The van der Waals surface area contributed by atoms with Crippen LogP contribution in [0.4, 0.5) is 5.13 Å². The highest BCUT2D eigenvalue weighted by atomic mass is 32.2. The van der Waals surface area contributed by atoms with Gasteiger partial charge in [-0.25, -0.2) is 13.4 Å². The van der Waals surface area contributed by atoms with E-state index >= 15 is 0 Å². The highest BCUT2D eigenvalue weighted by Crippen LogP contribution is 2.36. The molecule has 1 aromatic rings. The number of sulfonamides is 1. The van der Waals surface area contributed by atoms with Crippen molar-refractivity contribution < 1.29 is 13.5 Å². The van der Waals surface area contributed by atoms with Gasteiger partial charge in [-0.05, 0) is 19.3 Å². The van der Waals surface area contributed by atoms with Gasteiger partial charge in [0.25, 0.3) is 0 Å². The van der Waals surface area contributed by atoms with Gasteiger partial charge < -0.3 is 10.0 Å². The van der Waals surface area contributed by atoms with E-state index in [1.165, 1.54) is 15.4 Å². The van der Waals surface area contributed by atoms with Gasteiger partial charge in [0.1, 0.15) is 0 Å². The number of piperazine rings is 1. The van der Waals surface area contributed by atoms with Crippen LogP contribution in [0.1, 0.15) is 29.5 Å². The van der Waals surface area contributed by atoms with Gasteiger partial charge in [-0.2, -0.15) is 4.31 Å². The van der Waals surface area contributed by atoms with Gasteiger partial charge in [0.15, 0.2) is 5.13 Å². The second-order valence-electron chi connectivity index (χ2n) is 5.36. The van der Waals surface area contributed by atoms with E-state index in [9.17, 15) is 13.5 Å². The fourth-order valence-corrected chi connectivity index (χ4v) is 4.76. The van der Waals surface area contributed by atoms with Crippen molar-refractivity contribution in [2.45, 2.75) is 25.4 Å². The first-order valence-corrected chi connectivity index (χ1v) is 9.49. The highest BCUT2D eigenvalue weighted by Gasteiger charge is 2.28. The Hall–Kier alpha value is -0.700. The van der Waals surface area contributed by atoms with Crippen LogP contribution in [0.3, 0.4) is 0 Å². The fraction of sp³-hybridized carbons (Fsp3) is 0.750. The van der Waals surface area contributed by atoms with Gasteiger partial charge in [0.2, 0.25) is 10.0 Å². The molecule has 1 aliphatic carbocycles. The Bertz CT molecular complexity index is 591. The summed E-state index contributed by atoms with van der Waals surface area (Å²) in [5, 5.41) is 10.9. The van der Waals surface area contributed by atoms with E-state index in [1.54, 1.807) is 11.3 Å². The normalized spacial score (nSPS) is 24.7. The molecule has 0 radical (unpaired) electrons. The molecule has 0 amide bonds. The summed E-state index contributed by atoms with van der Waals surface area (Å²) in [6, 6.07) is 0. The average molecular weight is 317 g/mol. The number of aliphatic hydroxyl groups is 1. The molecular weight excluding hydrogens is 298 g/mol. The molecule has 6 nitrogen and oxygen atoms in total. The van der Waals surface area contributed by atoms with Crippen molar-refractivity contribution >= 4 is 26.5 Å². The molecule has 1 N–H and O–H groups in total. The summed E-state index contributed by atoms with van der Waals surface area (Å²) in [4.78, 5) is 7.88. The van der Waals surface area contributed by atoms with Crippen molar-refractivity contribution in [3.05, 3.63) is 10.6 Å². The molecule has 2 heterocycles. The molecule has 20 heavy (non-hydrogen) atoms. The van der Waals surface area contributed by atoms with Crippen molar-refractivity contribution in [2.75, 3.05) is 37.3 Å². The standard InChI is InChI=1S/C12H19N3O3S2/c1-20(17,18)15-7-5-14(6-8-15)12-13-11-9(16)3-2-4-10(11)19-12/h9,16H,2-8H2,1H3. The molecular formula is C12H19N3O3S2. The lowest BCUT2D eigenvalue weighted by molar-refractivity contribution is 0.153. The van der Waals surface area contributed by atoms with Gasteiger partial charge in [-0.3, -0.25) is 0 Å². The first-order valence-electron chi connectivity index (χ1n) is 6.83. The fourth-order valence-electron chi connectivity index (χ4n) is 2.73. The SMILES string of the molecule is CS(=O)(=O)N1CCN(c2nc3c(s2)CCCC3O)CC1. The number of aromatic nitrogens is 1. The summed E-state index contributed by atoms with van der Waals surface area (Å²) >= 11 is 1.64. The van der Waals surface area contributed by atoms with E-state index < -0.39 is 16.1 Å². The number of hydrogen-bond acceptors (Lipinski definition) is 6. The lowest BCUT2D eigenvalue weighted by Gasteiger charge is -2.32. The third-order valence-corrected chi connectivity index (χ3v) is 6.39. The zero-order chi connectivity index (χ0) is 14.3. The van der Waals surface area contributed by atoms with Gasteiger partial charge in [-0.15, -0.1) is 11.3 Å². The summed E-state index contributed by atoms with van der Waals surface area (Å²) in [6.07, 6.45) is 3.62. The number of aliphatic hydroxyl groups excluding tert-OH is 1. The minimum atomic E-state index is -3.09. The van der Waals surface area contributed by atoms with Crippen LogP contribution in [0.5, 0.6) is 0 Å². The maximum atomic E-state index is 11.5. The monoisotopic (exact) mass is 317 g/mol. The molecule has 0 aromatic carbocycles. The number of thiazole rings is 1. The quantitative estimate of drug-likeness (QED) is 0.864.